The van der Waals surface area contributed by atoms with Gasteiger partial charge in [0.1, 0.15) is 12.4 Å². The maximum absolute atomic E-state index is 12.5. The third-order valence-electron chi connectivity index (χ3n) is 4.28. The van der Waals surface area contributed by atoms with Crippen molar-refractivity contribution in [2.75, 3.05) is 12.4 Å². The average molecular weight is 343 g/mol. The minimum atomic E-state index is -0.210. The van der Waals surface area contributed by atoms with E-state index >= 15 is 0 Å². The number of methoxy groups -OCH3 is 1. The van der Waals surface area contributed by atoms with Gasteiger partial charge in [0.2, 0.25) is 0 Å². The van der Waals surface area contributed by atoms with E-state index in [4.69, 9.17) is 4.74 Å². The Labute approximate surface area is 147 Å². The predicted octanol–water partition coefficient (Wildman–Crippen LogP) is 3.03. The summed E-state index contributed by atoms with van der Waals surface area (Å²) in [7, 11) is 1.62. The van der Waals surface area contributed by atoms with Crippen LogP contribution in [0.1, 0.15) is 49.4 Å². The number of urea groups is 1. The molecule has 134 valence electrons. The number of hydrogen-bond donors (Lipinski definition) is 2. The second kappa shape index (κ2) is 8.11. The van der Waals surface area contributed by atoms with Crippen LogP contribution in [0.3, 0.4) is 0 Å². The van der Waals surface area contributed by atoms with Crippen molar-refractivity contribution in [1.82, 2.24) is 20.1 Å². The number of para-hydroxylation sites is 1. The molecule has 0 radical (unpaired) electrons. The number of hydrogen-bond acceptors (Lipinski definition) is 4. The fourth-order valence-electron chi connectivity index (χ4n) is 3.17. The maximum Gasteiger partial charge on any atom is 0.319 e. The number of anilines is 1. The molecule has 0 aliphatic carbocycles. The summed E-state index contributed by atoms with van der Waals surface area (Å²) in [6.07, 6.45) is 3.79. The van der Waals surface area contributed by atoms with Crippen molar-refractivity contribution in [3.8, 4) is 0 Å². The molecule has 0 unspecified atom stereocenters. The Balaban J connectivity index is 1.68. The van der Waals surface area contributed by atoms with Gasteiger partial charge in [-0.15, -0.1) is 0 Å². The number of aryl methyl sites for hydroxylation is 2. The average Bonchev–Trinajstić information content (AvgIpc) is 3.01. The van der Waals surface area contributed by atoms with Gasteiger partial charge >= 0.3 is 6.03 Å². The predicted molar refractivity (Wildman–Crippen MR) is 95.3 cm³/mol. The van der Waals surface area contributed by atoms with Gasteiger partial charge in [-0.05, 0) is 30.9 Å². The normalized spacial score (nSPS) is 16.3. The Bertz CT molecular complexity index is 728. The van der Waals surface area contributed by atoms with Gasteiger partial charge in [-0.1, -0.05) is 31.5 Å². The zero-order chi connectivity index (χ0) is 17.6. The zero-order valence-electron chi connectivity index (χ0n) is 14.8. The fourth-order valence-corrected chi connectivity index (χ4v) is 3.17. The third kappa shape index (κ3) is 4.17. The second-order valence-electron chi connectivity index (χ2n) is 6.24. The lowest BCUT2D eigenvalue weighted by molar-refractivity contribution is 0.177. The van der Waals surface area contributed by atoms with Crippen LogP contribution < -0.4 is 10.6 Å². The summed E-state index contributed by atoms with van der Waals surface area (Å²) in [5.74, 6) is 1.45. The number of fused-ring (bicyclic) bond motifs is 1. The van der Waals surface area contributed by atoms with Gasteiger partial charge in [-0.25, -0.2) is 14.5 Å². The molecule has 1 aliphatic heterocycles. The first-order chi connectivity index (χ1) is 12.2. The molecule has 2 aromatic rings. The number of ether oxygens (including phenoxy) is 1. The number of aromatic nitrogens is 3. The summed E-state index contributed by atoms with van der Waals surface area (Å²) in [5, 5.41) is 10.4. The van der Waals surface area contributed by atoms with Crippen LogP contribution in [0.25, 0.3) is 0 Å². The van der Waals surface area contributed by atoms with Gasteiger partial charge < -0.3 is 15.4 Å². The van der Waals surface area contributed by atoms with Gasteiger partial charge in [0.05, 0.1) is 6.04 Å². The second-order valence-corrected chi connectivity index (χ2v) is 6.24. The molecule has 0 saturated carbocycles. The summed E-state index contributed by atoms with van der Waals surface area (Å²) in [6, 6.07) is 7.57. The van der Waals surface area contributed by atoms with E-state index < -0.39 is 0 Å². The first-order valence-electron chi connectivity index (χ1n) is 8.79. The zero-order valence-corrected chi connectivity index (χ0v) is 14.8. The van der Waals surface area contributed by atoms with Gasteiger partial charge in [-0.3, -0.25) is 0 Å². The van der Waals surface area contributed by atoms with Gasteiger partial charge in [0, 0.05) is 19.3 Å². The Morgan fingerprint density at radius 3 is 3.04 bits per heavy atom. The minimum Gasteiger partial charge on any atom is -0.377 e. The summed E-state index contributed by atoms with van der Waals surface area (Å²) in [4.78, 5) is 17.0. The van der Waals surface area contributed by atoms with Crippen LogP contribution in [0.2, 0.25) is 0 Å². The highest BCUT2D eigenvalue weighted by Gasteiger charge is 2.25. The molecule has 2 N–H and O–H groups in total. The first kappa shape index (κ1) is 17.4. The third-order valence-corrected chi connectivity index (χ3v) is 4.28. The molecule has 2 amide bonds. The lowest BCUT2D eigenvalue weighted by Gasteiger charge is -2.23. The van der Waals surface area contributed by atoms with Crippen LogP contribution in [0.5, 0.6) is 0 Å². The van der Waals surface area contributed by atoms with Crippen molar-refractivity contribution in [3.63, 3.8) is 0 Å². The van der Waals surface area contributed by atoms with Crippen molar-refractivity contribution in [3.05, 3.63) is 41.5 Å². The molecule has 2 heterocycles. The monoisotopic (exact) mass is 343 g/mol. The fraction of sp³-hybridized carbons (Fsp3) is 0.500. The molecule has 1 atom stereocenters. The van der Waals surface area contributed by atoms with Crippen LogP contribution in [-0.2, 0) is 24.3 Å². The molecule has 1 aromatic heterocycles. The smallest absolute Gasteiger partial charge is 0.319 e. The van der Waals surface area contributed by atoms with E-state index in [9.17, 15) is 4.79 Å². The molecule has 1 aliphatic rings. The molecular formula is C18H25N5O2. The minimum absolute atomic E-state index is 0.134. The van der Waals surface area contributed by atoms with Crippen molar-refractivity contribution < 1.29 is 9.53 Å². The van der Waals surface area contributed by atoms with Crippen LogP contribution in [-0.4, -0.2) is 27.9 Å². The molecule has 7 nitrogen and oxygen atoms in total. The molecular weight excluding hydrogens is 318 g/mol. The van der Waals surface area contributed by atoms with E-state index in [1.165, 1.54) is 0 Å². The van der Waals surface area contributed by atoms with E-state index in [2.05, 4.69) is 27.6 Å². The molecule has 3 rings (SSSR count). The Kier molecular flexibility index (Phi) is 5.65. The Morgan fingerprint density at radius 1 is 1.40 bits per heavy atom. The van der Waals surface area contributed by atoms with Crippen molar-refractivity contribution in [2.45, 2.75) is 51.8 Å². The maximum atomic E-state index is 12.5. The number of carbonyl (C=O) groups excluding carboxylic acids is 1. The molecule has 0 bridgehead atoms. The number of rotatable bonds is 6. The Morgan fingerprint density at radius 2 is 2.24 bits per heavy atom. The van der Waals surface area contributed by atoms with Crippen LogP contribution >= 0.6 is 0 Å². The first-order valence-corrected chi connectivity index (χ1v) is 8.79. The van der Waals surface area contributed by atoms with Crippen LogP contribution in [0, 0.1) is 0 Å². The molecule has 0 saturated heterocycles. The van der Waals surface area contributed by atoms with E-state index in [0.29, 0.717) is 12.4 Å². The number of nitrogens with zero attached hydrogens (tertiary/aromatic N) is 3. The van der Waals surface area contributed by atoms with Gasteiger partial charge in [0.15, 0.2) is 5.82 Å². The SMILES string of the molecule is CCCc1ccccc1NC(=O)N[C@H]1CCCn2nc(COC)nc21. The van der Waals surface area contributed by atoms with Gasteiger partial charge in [0.25, 0.3) is 0 Å². The summed E-state index contributed by atoms with van der Waals surface area (Å²) >= 11 is 0. The van der Waals surface area contributed by atoms with E-state index in [1.807, 2.05) is 28.9 Å². The number of amides is 2. The van der Waals surface area contributed by atoms with Crippen LogP contribution in [0.4, 0.5) is 10.5 Å². The summed E-state index contributed by atoms with van der Waals surface area (Å²) in [6.45, 7) is 3.33. The van der Waals surface area contributed by atoms with Gasteiger partial charge in [-0.2, -0.15) is 5.10 Å². The number of nitrogens with one attached hydrogen (secondary N) is 2. The largest absolute Gasteiger partial charge is 0.377 e. The van der Waals surface area contributed by atoms with E-state index in [-0.39, 0.29) is 12.1 Å². The van der Waals surface area contributed by atoms with Crippen molar-refractivity contribution in [1.29, 1.82) is 0 Å². The Hall–Kier alpha value is -2.41. The highest BCUT2D eigenvalue weighted by molar-refractivity contribution is 5.90. The molecule has 7 heteroatoms. The molecule has 1 aromatic carbocycles. The lowest BCUT2D eigenvalue weighted by Crippen LogP contribution is -2.36. The lowest BCUT2D eigenvalue weighted by atomic mass is 10.1. The molecule has 25 heavy (non-hydrogen) atoms. The van der Waals surface area contributed by atoms with E-state index in [1.54, 1.807) is 7.11 Å². The van der Waals surface area contributed by atoms with Crippen LogP contribution in [0.15, 0.2) is 24.3 Å². The highest BCUT2D eigenvalue weighted by atomic mass is 16.5. The number of carbonyl (C=O) groups is 1. The standard InChI is InChI=1S/C18H25N5O2/c1-3-7-13-8-4-5-9-14(13)19-18(24)20-15-10-6-11-23-17(15)21-16(22-23)12-25-2/h4-5,8-9,15H,3,6-7,10-12H2,1-2H3,(H2,19,20,24)/t15-/m0/s1. The highest BCUT2D eigenvalue weighted by Crippen LogP contribution is 2.24. The van der Waals surface area contributed by atoms with E-state index in [0.717, 1.165) is 49.3 Å². The van der Waals surface area contributed by atoms with Crippen molar-refractivity contribution in [2.24, 2.45) is 0 Å². The quantitative estimate of drug-likeness (QED) is 0.845. The van der Waals surface area contributed by atoms with Crippen molar-refractivity contribution >= 4 is 11.7 Å². The summed E-state index contributed by atoms with van der Waals surface area (Å²) in [5.41, 5.74) is 2.01. The topological polar surface area (TPSA) is 81.1 Å². The number of benzene rings is 1. The summed E-state index contributed by atoms with van der Waals surface area (Å²) < 4.78 is 6.97. The molecule has 0 fully saturated rings. The molecule has 0 spiro atoms.